The molecule has 1 aromatic carbocycles. The van der Waals surface area contributed by atoms with Gasteiger partial charge in [0.05, 0.1) is 4.34 Å². The molecule has 0 N–H and O–H groups in total. The van der Waals surface area contributed by atoms with Gasteiger partial charge in [-0.25, -0.2) is 0 Å². The predicted molar refractivity (Wildman–Crippen MR) is 55.5 cm³/mol. The van der Waals surface area contributed by atoms with Crippen molar-refractivity contribution in [3.63, 3.8) is 0 Å². The maximum Gasteiger partial charge on any atom is 0.0976 e. The van der Waals surface area contributed by atoms with E-state index in [4.69, 9.17) is 11.6 Å². The number of hydrogen-bond donors (Lipinski definition) is 0. The van der Waals surface area contributed by atoms with E-state index in [9.17, 15) is 9.90 Å². The summed E-state index contributed by atoms with van der Waals surface area (Å²) in [6.07, 6.45) is -0.122. The van der Waals surface area contributed by atoms with E-state index < -0.39 is 5.97 Å². The summed E-state index contributed by atoms with van der Waals surface area (Å²) in [5, 5.41) is 11.4. The lowest BCUT2D eigenvalue weighted by Crippen LogP contribution is -2.24. The number of rotatable bonds is 2. The molecule has 0 saturated carbocycles. The lowest BCUT2D eigenvalue weighted by molar-refractivity contribution is -0.304. The molecule has 0 fully saturated rings. The van der Waals surface area contributed by atoms with Crippen molar-refractivity contribution in [3.8, 4) is 0 Å². The van der Waals surface area contributed by atoms with Gasteiger partial charge in [0.2, 0.25) is 0 Å². The van der Waals surface area contributed by atoms with E-state index in [0.29, 0.717) is 9.90 Å². The standard InChI is InChI=1S/C10H7ClO2S/c11-10-7(5-9(12)13)6-3-1-2-4-8(6)14-10/h1-4H,5H2,(H,12,13)/p-1. The van der Waals surface area contributed by atoms with Crippen LogP contribution in [0.15, 0.2) is 24.3 Å². The van der Waals surface area contributed by atoms with Crippen LogP contribution in [0.5, 0.6) is 0 Å². The normalized spacial score (nSPS) is 10.6. The Morgan fingerprint density at radius 1 is 1.43 bits per heavy atom. The SMILES string of the molecule is O=C([O-])Cc1c(Cl)sc2ccccc12. The first-order valence-corrected chi connectivity index (χ1v) is 5.23. The molecule has 0 radical (unpaired) electrons. The molecule has 0 saturated heterocycles. The summed E-state index contributed by atoms with van der Waals surface area (Å²) in [5.74, 6) is -1.10. The zero-order valence-electron chi connectivity index (χ0n) is 7.12. The Morgan fingerprint density at radius 3 is 2.86 bits per heavy atom. The predicted octanol–water partition coefficient (Wildman–Crippen LogP) is 1.85. The molecule has 0 aliphatic heterocycles. The number of carbonyl (C=O) groups is 1. The Hall–Kier alpha value is -1.06. The summed E-state index contributed by atoms with van der Waals surface area (Å²) >= 11 is 7.33. The van der Waals surface area contributed by atoms with Crippen LogP contribution in [0.2, 0.25) is 4.34 Å². The van der Waals surface area contributed by atoms with Crippen molar-refractivity contribution in [2.75, 3.05) is 0 Å². The van der Waals surface area contributed by atoms with Crippen LogP contribution < -0.4 is 5.11 Å². The van der Waals surface area contributed by atoms with Gasteiger partial charge >= 0.3 is 0 Å². The maximum absolute atomic E-state index is 10.5. The molecular formula is C10H6ClO2S-. The Bertz CT molecular complexity index is 490. The van der Waals surface area contributed by atoms with Gasteiger partial charge in [0.1, 0.15) is 0 Å². The van der Waals surface area contributed by atoms with Crippen molar-refractivity contribution in [3.05, 3.63) is 34.2 Å². The summed E-state index contributed by atoms with van der Waals surface area (Å²) in [6.45, 7) is 0. The molecule has 0 bridgehead atoms. The fraction of sp³-hybridized carbons (Fsp3) is 0.100. The number of thiophene rings is 1. The largest absolute Gasteiger partial charge is 0.550 e. The molecule has 2 aromatic rings. The van der Waals surface area contributed by atoms with Crippen LogP contribution in [0.1, 0.15) is 5.56 Å². The van der Waals surface area contributed by atoms with E-state index in [2.05, 4.69) is 0 Å². The summed E-state index contributed by atoms with van der Waals surface area (Å²) in [7, 11) is 0. The quantitative estimate of drug-likeness (QED) is 0.783. The lowest BCUT2D eigenvalue weighted by atomic mass is 10.1. The zero-order valence-corrected chi connectivity index (χ0v) is 8.69. The third-order valence-corrected chi connectivity index (χ3v) is 3.43. The Kier molecular flexibility index (Phi) is 2.44. The van der Waals surface area contributed by atoms with Crippen molar-refractivity contribution in [1.29, 1.82) is 0 Å². The highest BCUT2D eigenvalue weighted by Gasteiger charge is 2.09. The summed E-state index contributed by atoms with van der Waals surface area (Å²) in [4.78, 5) is 10.5. The molecule has 1 aromatic heterocycles. The fourth-order valence-corrected chi connectivity index (χ4v) is 2.74. The van der Waals surface area contributed by atoms with Gasteiger partial charge < -0.3 is 9.90 Å². The average Bonchev–Trinajstić information content (AvgIpc) is 2.43. The van der Waals surface area contributed by atoms with E-state index in [1.807, 2.05) is 24.3 Å². The molecule has 72 valence electrons. The Morgan fingerprint density at radius 2 is 2.14 bits per heavy atom. The molecule has 0 aliphatic rings. The van der Waals surface area contributed by atoms with Crippen LogP contribution in [0.4, 0.5) is 0 Å². The first-order valence-electron chi connectivity index (χ1n) is 4.04. The third-order valence-electron chi connectivity index (χ3n) is 1.97. The highest BCUT2D eigenvalue weighted by Crippen LogP contribution is 2.34. The molecule has 14 heavy (non-hydrogen) atoms. The van der Waals surface area contributed by atoms with E-state index in [1.54, 1.807) is 0 Å². The number of carboxylic acid groups (broad SMARTS) is 1. The zero-order chi connectivity index (χ0) is 10.1. The third kappa shape index (κ3) is 1.61. The second-order valence-corrected chi connectivity index (χ2v) is 4.55. The number of carboxylic acids is 1. The summed E-state index contributed by atoms with van der Waals surface area (Å²) in [5.41, 5.74) is 0.660. The van der Waals surface area contributed by atoms with Crippen LogP contribution in [-0.2, 0) is 11.2 Å². The number of aliphatic carboxylic acids is 1. The van der Waals surface area contributed by atoms with Gasteiger partial charge in [-0.2, -0.15) is 0 Å². The highest BCUT2D eigenvalue weighted by atomic mass is 35.5. The van der Waals surface area contributed by atoms with Crippen molar-refractivity contribution in [2.24, 2.45) is 0 Å². The molecule has 2 rings (SSSR count). The van der Waals surface area contributed by atoms with Gasteiger partial charge in [-0.3, -0.25) is 0 Å². The van der Waals surface area contributed by atoms with Crippen LogP contribution in [0, 0.1) is 0 Å². The number of halogens is 1. The van der Waals surface area contributed by atoms with Crippen LogP contribution in [0.3, 0.4) is 0 Å². The minimum atomic E-state index is -1.10. The minimum absolute atomic E-state index is 0.122. The molecule has 0 amide bonds. The van der Waals surface area contributed by atoms with Crippen LogP contribution in [0.25, 0.3) is 10.1 Å². The topological polar surface area (TPSA) is 40.1 Å². The maximum atomic E-state index is 10.5. The number of benzene rings is 1. The monoisotopic (exact) mass is 225 g/mol. The smallest absolute Gasteiger partial charge is 0.0976 e. The molecule has 0 atom stereocenters. The molecule has 0 unspecified atom stereocenters. The molecule has 2 nitrogen and oxygen atoms in total. The van der Waals surface area contributed by atoms with Gasteiger partial charge in [-0.15, -0.1) is 11.3 Å². The molecule has 1 heterocycles. The van der Waals surface area contributed by atoms with Gasteiger partial charge in [-0.1, -0.05) is 29.8 Å². The number of fused-ring (bicyclic) bond motifs is 1. The van der Waals surface area contributed by atoms with E-state index >= 15 is 0 Å². The fourth-order valence-electron chi connectivity index (χ4n) is 1.38. The molecular weight excluding hydrogens is 220 g/mol. The van der Waals surface area contributed by atoms with Gasteiger partial charge in [0.25, 0.3) is 0 Å². The highest BCUT2D eigenvalue weighted by molar-refractivity contribution is 7.22. The Labute approximate surface area is 89.7 Å². The van der Waals surface area contributed by atoms with E-state index in [1.165, 1.54) is 11.3 Å². The lowest BCUT2D eigenvalue weighted by Gasteiger charge is -2.00. The van der Waals surface area contributed by atoms with Gasteiger partial charge in [0, 0.05) is 17.1 Å². The first-order chi connectivity index (χ1) is 6.68. The number of carbonyl (C=O) groups excluding carboxylic acids is 1. The average molecular weight is 226 g/mol. The van der Waals surface area contributed by atoms with Crippen molar-refractivity contribution < 1.29 is 9.90 Å². The van der Waals surface area contributed by atoms with E-state index in [-0.39, 0.29) is 6.42 Å². The molecule has 0 spiro atoms. The van der Waals surface area contributed by atoms with Gasteiger partial charge in [-0.05, 0) is 17.0 Å². The molecule has 4 heteroatoms. The minimum Gasteiger partial charge on any atom is -0.550 e. The number of hydrogen-bond acceptors (Lipinski definition) is 3. The van der Waals surface area contributed by atoms with Crippen LogP contribution >= 0.6 is 22.9 Å². The summed E-state index contributed by atoms with van der Waals surface area (Å²) < 4.78 is 1.55. The first kappa shape index (κ1) is 9.49. The van der Waals surface area contributed by atoms with Crippen molar-refractivity contribution in [1.82, 2.24) is 0 Å². The Balaban J connectivity index is 2.62. The summed E-state index contributed by atoms with van der Waals surface area (Å²) in [6, 6.07) is 7.56. The second kappa shape index (κ2) is 3.59. The van der Waals surface area contributed by atoms with Crippen LogP contribution in [-0.4, -0.2) is 5.97 Å². The molecule has 0 aliphatic carbocycles. The van der Waals surface area contributed by atoms with Crippen molar-refractivity contribution in [2.45, 2.75) is 6.42 Å². The van der Waals surface area contributed by atoms with Crippen molar-refractivity contribution >= 4 is 39.0 Å². The second-order valence-electron chi connectivity index (χ2n) is 2.90. The van der Waals surface area contributed by atoms with Gasteiger partial charge in [0.15, 0.2) is 0 Å². The van der Waals surface area contributed by atoms with E-state index in [0.717, 1.165) is 10.1 Å².